The highest BCUT2D eigenvalue weighted by molar-refractivity contribution is 5.92. The molecule has 1 aromatic carbocycles. The number of urea groups is 1. The highest BCUT2D eigenvalue weighted by Gasteiger charge is 2.08. The number of carbonyl (C=O) groups excluding carboxylic acids is 2. The van der Waals surface area contributed by atoms with Gasteiger partial charge >= 0.3 is 12.1 Å². The minimum atomic E-state index is -0.518. The van der Waals surface area contributed by atoms with Gasteiger partial charge in [-0.15, -0.1) is 12.4 Å². The number of carbonyl (C=O) groups is 2. The van der Waals surface area contributed by atoms with Crippen molar-refractivity contribution in [3.05, 3.63) is 54.0 Å². The summed E-state index contributed by atoms with van der Waals surface area (Å²) in [6, 6.07) is 7.18. The predicted molar refractivity (Wildman–Crippen MR) is 107 cm³/mol. The van der Waals surface area contributed by atoms with E-state index in [0.717, 1.165) is 21.9 Å². The van der Waals surface area contributed by atoms with Gasteiger partial charge in [0.25, 0.3) is 0 Å². The van der Waals surface area contributed by atoms with E-state index in [1.54, 1.807) is 24.7 Å². The number of aromatic amines is 1. The molecule has 3 aromatic rings. The second-order valence-electron chi connectivity index (χ2n) is 5.73. The third-order valence-electron chi connectivity index (χ3n) is 3.78. The number of halogens is 1. The smallest absolute Gasteiger partial charge is 0.407 e. The van der Waals surface area contributed by atoms with Crippen molar-refractivity contribution in [3.63, 3.8) is 0 Å². The number of anilines is 1. The molecule has 0 spiro atoms. The summed E-state index contributed by atoms with van der Waals surface area (Å²) in [7, 11) is 0. The fourth-order valence-corrected chi connectivity index (χ4v) is 2.50. The molecule has 3 amide bonds. The van der Waals surface area contributed by atoms with E-state index in [2.05, 4.69) is 31.1 Å². The van der Waals surface area contributed by atoms with Crippen LogP contribution in [0.2, 0.25) is 0 Å². The molecule has 2 heterocycles. The minimum absolute atomic E-state index is 0. The van der Waals surface area contributed by atoms with Crippen LogP contribution in [0, 0.1) is 0 Å². The van der Waals surface area contributed by atoms with Crippen LogP contribution in [0.5, 0.6) is 0 Å². The lowest BCUT2D eigenvalue weighted by atomic mass is 10.1. The molecule has 0 aliphatic rings. The molecule has 0 saturated heterocycles. The highest BCUT2D eigenvalue weighted by atomic mass is 35.5. The summed E-state index contributed by atoms with van der Waals surface area (Å²) in [6.45, 7) is 2.82. The number of nitrogens with zero attached hydrogens (tertiary/aromatic N) is 2. The number of hydrogen-bond donors (Lipinski definition) is 4. The molecule has 148 valence electrons. The van der Waals surface area contributed by atoms with Crippen molar-refractivity contribution in [2.24, 2.45) is 0 Å². The zero-order valence-corrected chi connectivity index (χ0v) is 16.0. The van der Waals surface area contributed by atoms with Crippen molar-refractivity contribution in [3.8, 4) is 0 Å². The van der Waals surface area contributed by atoms with Crippen LogP contribution in [0.25, 0.3) is 10.8 Å². The summed E-state index contributed by atoms with van der Waals surface area (Å²) in [5.74, 6) is 0.457. The second kappa shape index (κ2) is 10.1. The molecular formula is C18H21ClN6O3. The number of fused-ring (bicyclic) bond motifs is 1. The minimum Gasteiger partial charge on any atom is -0.445 e. The van der Waals surface area contributed by atoms with E-state index in [1.165, 1.54) is 0 Å². The topological polar surface area (TPSA) is 121 Å². The molecule has 0 bridgehead atoms. The molecule has 2 aromatic heterocycles. The Morgan fingerprint density at radius 2 is 2.07 bits per heavy atom. The lowest BCUT2D eigenvalue weighted by Crippen LogP contribution is -2.28. The summed E-state index contributed by atoms with van der Waals surface area (Å²) in [5.41, 5.74) is 1.68. The average Bonchev–Trinajstić information content (AvgIpc) is 3.18. The molecule has 0 aliphatic heterocycles. The van der Waals surface area contributed by atoms with Gasteiger partial charge in [-0.3, -0.25) is 10.4 Å². The lowest BCUT2D eigenvalue weighted by Gasteiger charge is -2.10. The first-order valence-electron chi connectivity index (χ1n) is 8.46. The highest BCUT2D eigenvalue weighted by Crippen LogP contribution is 2.20. The van der Waals surface area contributed by atoms with Gasteiger partial charge in [0.15, 0.2) is 0 Å². The Morgan fingerprint density at radius 3 is 2.82 bits per heavy atom. The van der Waals surface area contributed by atoms with E-state index in [9.17, 15) is 9.59 Å². The Labute approximate surface area is 167 Å². The fraction of sp³-hybridized carbons (Fsp3) is 0.222. The molecule has 3 rings (SSSR count). The van der Waals surface area contributed by atoms with Crippen molar-refractivity contribution in [1.82, 2.24) is 25.8 Å². The van der Waals surface area contributed by atoms with Gasteiger partial charge in [-0.05, 0) is 23.9 Å². The molecular weight excluding hydrogens is 384 g/mol. The number of pyridine rings is 1. The first-order chi connectivity index (χ1) is 13.2. The van der Waals surface area contributed by atoms with Gasteiger partial charge in [0, 0.05) is 36.4 Å². The molecule has 28 heavy (non-hydrogen) atoms. The standard InChI is InChI=1S/C18H20N6O3.ClH/c1-2-19-17(25)24-16-6-13-4-3-5-14(15(13)10-20-16)9-21-18(26)27-11-12-7-22-23-8-12;/h3-8,10H,2,9,11H2,1H3,(H,21,26)(H,22,23)(H2,19,20,24,25);1H. The van der Waals surface area contributed by atoms with Gasteiger partial charge in [0.1, 0.15) is 12.4 Å². The van der Waals surface area contributed by atoms with Gasteiger partial charge in [-0.2, -0.15) is 5.10 Å². The van der Waals surface area contributed by atoms with Crippen LogP contribution >= 0.6 is 12.4 Å². The Balaban J connectivity index is 0.00000280. The summed E-state index contributed by atoms with van der Waals surface area (Å²) < 4.78 is 5.13. The normalized spacial score (nSPS) is 10.0. The number of benzene rings is 1. The molecule has 9 nitrogen and oxygen atoms in total. The van der Waals surface area contributed by atoms with Crippen molar-refractivity contribution in [1.29, 1.82) is 0 Å². The summed E-state index contributed by atoms with van der Waals surface area (Å²) in [6.07, 6.45) is 4.41. The first-order valence-corrected chi connectivity index (χ1v) is 8.46. The summed E-state index contributed by atoms with van der Waals surface area (Å²) >= 11 is 0. The van der Waals surface area contributed by atoms with Crippen LogP contribution < -0.4 is 16.0 Å². The molecule has 0 radical (unpaired) electrons. The van der Waals surface area contributed by atoms with Crippen LogP contribution in [0.3, 0.4) is 0 Å². The van der Waals surface area contributed by atoms with Gasteiger partial charge in [-0.25, -0.2) is 14.6 Å². The molecule has 0 atom stereocenters. The van der Waals surface area contributed by atoms with Crippen molar-refractivity contribution >= 4 is 41.1 Å². The predicted octanol–water partition coefficient (Wildman–Crippen LogP) is 2.95. The fourth-order valence-electron chi connectivity index (χ4n) is 2.50. The van der Waals surface area contributed by atoms with Crippen LogP contribution in [-0.2, 0) is 17.9 Å². The van der Waals surface area contributed by atoms with Crippen LogP contribution in [0.15, 0.2) is 42.9 Å². The zero-order chi connectivity index (χ0) is 19.1. The van der Waals surface area contributed by atoms with Crippen molar-refractivity contribution in [2.75, 3.05) is 11.9 Å². The lowest BCUT2D eigenvalue weighted by molar-refractivity contribution is 0.139. The number of rotatable bonds is 6. The second-order valence-corrected chi connectivity index (χ2v) is 5.73. The molecule has 10 heteroatoms. The number of ether oxygens (including phenoxy) is 1. The molecule has 0 unspecified atom stereocenters. The molecule has 4 N–H and O–H groups in total. The van der Waals surface area contributed by atoms with Crippen LogP contribution in [0.4, 0.5) is 15.4 Å². The number of hydrogen-bond acceptors (Lipinski definition) is 5. The van der Waals surface area contributed by atoms with Gasteiger partial charge in [0.05, 0.1) is 6.20 Å². The zero-order valence-electron chi connectivity index (χ0n) is 15.2. The maximum Gasteiger partial charge on any atom is 0.407 e. The molecule has 0 fully saturated rings. The molecule has 0 saturated carbocycles. The van der Waals surface area contributed by atoms with Crippen molar-refractivity contribution in [2.45, 2.75) is 20.1 Å². The third kappa shape index (κ3) is 5.58. The third-order valence-corrected chi connectivity index (χ3v) is 3.78. The number of amides is 3. The van der Waals surface area contributed by atoms with Crippen LogP contribution in [0.1, 0.15) is 18.1 Å². The SMILES string of the molecule is CCNC(=O)Nc1cc2cccc(CNC(=O)OCc3cn[nH]c3)c2cn1.Cl. The largest absolute Gasteiger partial charge is 0.445 e. The number of aromatic nitrogens is 3. The van der Waals surface area contributed by atoms with E-state index < -0.39 is 6.09 Å². The van der Waals surface area contributed by atoms with E-state index in [0.29, 0.717) is 18.9 Å². The maximum absolute atomic E-state index is 11.9. The maximum atomic E-state index is 11.9. The van der Waals surface area contributed by atoms with E-state index >= 15 is 0 Å². The van der Waals surface area contributed by atoms with Gasteiger partial charge in [0.2, 0.25) is 0 Å². The Morgan fingerprint density at radius 1 is 1.21 bits per heavy atom. The van der Waals surface area contributed by atoms with Crippen molar-refractivity contribution < 1.29 is 14.3 Å². The van der Waals surface area contributed by atoms with E-state index in [4.69, 9.17) is 4.74 Å². The Bertz CT molecular complexity index is 932. The average molecular weight is 405 g/mol. The van der Waals surface area contributed by atoms with E-state index in [1.807, 2.05) is 25.1 Å². The van der Waals surface area contributed by atoms with Gasteiger partial charge in [-0.1, -0.05) is 18.2 Å². The Hall–Kier alpha value is -3.33. The van der Waals surface area contributed by atoms with Gasteiger partial charge < -0.3 is 15.4 Å². The first kappa shape index (κ1) is 21.0. The number of alkyl carbamates (subject to hydrolysis) is 1. The van der Waals surface area contributed by atoms with E-state index in [-0.39, 0.29) is 25.0 Å². The monoisotopic (exact) mass is 404 g/mol. The number of H-pyrrole nitrogens is 1. The summed E-state index contributed by atoms with van der Waals surface area (Å²) in [4.78, 5) is 27.7. The number of nitrogens with one attached hydrogen (secondary N) is 4. The summed E-state index contributed by atoms with van der Waals surface area (Å²) in [5, 5.41) is 16.3. The molecule has 0 aliphatic carbocycles. The van der Waals surface area contributed by atoms with Crippen LogP contribution in [-0.4, -0.2) is 33.9 Å². The Kier molecular flexibility index (Phi) is 7.58. The quantitative estimate of drug-likeness (QED) is 0.503.